The monoisotopic (exact) mass is 573 g/mol. The minimum absolute atomic E-state index is 0.0238. The lowest BCUT2D eigenvalue weighted by Crippen LogP contribution is -2.48. The van der Waals surface area contributed by atoms with Gasteiger partial charge in [-0.15, -0.1) is 29.7 Å². The van der Waals surface area contributed by atoms with Gasteiger partial charge in [-0.05, 0) is 30.5 Å². The van der Waals surface area contributed by atoms with Gasteiger partial charge in [0.2, 0.25) is 0 Å². The number of pyridine rings is 1. The molecule has 208 valence electrons. The van der Waals surface area contributed by atoms with E-state index >= 15 is 0 Å². The molecule has 2 fully saturated rings. The molecule has 0 bridgehead atoms. The molecule has 0 saturated carbocycles. The largest absolute Gasteiger partial charge is 0.339 e. The first-order valence-electron chi connectivity index (χ1n) is 13.8. The van der Waals surface area contributed by atoms with E-state index in [4.69, 9.17) is 4.98 Å². The first kappa shape index (κ1) is 28.3. The van der Waals surface area contributed by atoms with Crippen molar-refractivity contribution < 1.29 is 9.59 Å². The summed E-state index contributed by atoms with van der Waals surface area (Å²) >= 11 is 3.10. The summed E-state index contributed by atoms with van der Waals surface area (Å²) in [6, 6.07) is 14.0. The summed E-state index contributed by atoms with van der Waals surface area (Å²) in [5.41, 5.74) is 2.41. The van der Waals surface area contributed by atoms with E-state index in [0.717, 1.165) is 42.5 Å². The Morgan fingerprint density at radius 2 is 1.73 bits per heavy atom. The van der Waals surface area contributed by atoms with Crippen molar-refractivity contribution in [3.8, 4) is 0 Å². The van der Waals surface area contributed by atoms with Crippen molar-refractivity contribution in [3.05, 3.63) is 94.6 Å². The smallest absolute Gasteiger partial charge is 0.273 e. The number of piperidine rings is 1. The van der Waals surface area contributed by atoms with E-state index in [0.29, 0.717) is 43.2 Å². The molecule has 4 heterocycles. The van der Waals surface area contributed by atoms with Gasteiger partial charge < -0.3 is 9.80 Å². The van der Waals surface area contributed by atoms with Crippen LogP contribution in [0.15, 0.2) is 77.8 Å². The first-order chi connectivity index (χ1) is 19.6. The van der Waals surface area contributed by atoms with Crippen LogP contribution in [0, 0.1) is 0 Å². The second-order valence-corrected chi connectivity index (χ2v) is 11.9. The van der Waals surface area contributed by atoms with Crippen LogP contribution >= 0.6 is 23.1 Å². The van der Waals surface area contributed by atoms with E-state index in [-0.39, 0.29) is 17.7 Å². The Kier molecular flexibility index (Phi) is 9.81. The molecule has 2 amide bonds. The van der Waals surface area contributed by atoms with E-state index in [1.165, 1.54) is 17.3 Å². The van der Waals surface area contributed by atoms with E-state index in [1.807, 2.05) is 51.6 Å². The molecule has 40 heavy (non-hydrogen) atoms. The van der Waals surface area contributed by atoms with Crippen molar-refractivity contribution in [2.45, 2.75) is 23.8 Å². The highest BCUT2D eigenvalue weighted by molar-refractivity contribution is 7.99. The molecule has 0 radical (unpaired) electrons. The highest BCUT2D eigenvalue weighted by atomic mass is 32.2. The van der Waals surface area contributed by atoms with Crippen LogP contribution < -0.4 is 0 Å². The van der Waals surface area contributed by atoms with Gasteiger partial charge in [0.1, 0.15) is 10.7 Å². The van der Waals surface area contributed by atoms with Crippen LogP contribution in [0.25, 0.3) is 6.08 Å². The third kappa shape index (κ3) is 7.08. The molecule has 0 N–H and O–H groups in total. The summed E-state index contributed by atoms with van der Waals surface area (Å²) < 4.78 is 0. The number of thioether (sulfide) groups is 1. The second kappa shape index (κ2) is 13.9. The van der Waals surface area contributed by atoms with Gasteiger partial charge in [0.15, 0.2) is 0 Å². The number of rotatable bonds is 9. The van der Waals surface area contributed by atoms with E-state index in [2.05, 4.69) is 40.7 Å². The maximum absolute atomic E-state index is 13.2. The number of benzene rings is 1. The van der Waals surface area contributed by atoms with Crippen molar-refractivity contribution in [1.82, 2.24) is 24.7 Å². The number of likely N-dealkylation sites (tertiary alicyclic amines) is 1. The van der Waals surface area contributed by atoms with Gasteiger partial charge in [-0.3, -0.25) is 14.5 Å². The van der Waals surface area contributed by atoms with Gasteiger partial charge >= 0.3 is 0 Å². The molecule has 0 aliphatic carbocycles. The molecule has 0 unspecified atom stereocenters. The number of amides is 2. The summed E-state index contributed by atoms with van der Waals surface area (Å²) in [7, 11) is 0. The van der Waals surface area contributed by atoms with Crippen LogP contribution in [0.5, 0.6) is 0 Å². The van der Waals surface area contributed by atoms with Gasteiger partial charge in [-0.2, -0.15) is 0 Å². The molecule has 7 nitrogen and oxygen atoms in total. The lowest BCUT2D eigenvalue weighted by atomic mass is 9.97. The minimum atomic E-state index is 0.0238. The first-order valence-corrected chi connectivity index (χ1v) is 15.7. The van der Waals surface area contributed by atoms with E-state index in [9.17, 15) is 9.59 Å². The summed E-state index contributed by atoms with van der Waals surface area (Å²) in [6.07, 6.45) is 9.57. The van der Waals surface area contributed by atoms with Crippen LogP contribution in [0.3, 0.4) is 0 Å². The molecule has 2 saturated heterocycles. The predicted octanol–water partition coefficient (Wildman–Crippen LogP) is 5.31. The summed E-state index contributed by atoms with van der Waals surface area (Å²) in [6.45, 7) is 9.14. The molecule has 2 aliphatic rings. The number of carbonyl (C=O) groups is 2. The number of hydrogen-bond acceptors (Lipinski definition) is 7. The molecule has 5 rings (SSSR count). The zero-order chi connectivity index (χ0) is 27.7. The van der Waals surface area contributed by atoms with Gasteiger partial charge in [-0.25, -0.2) is 9.97 Å². The average Bonchev–Trinajstić information content (AvgIpc) is 3.51. The topological polar surface area (TPSA) is 69.6 Å². The van der Waals surface area contributed by atoms with Crippen LogP contribution in [0.1, 0.15) is 50.2 Å². The highest BCUT2D eigenvalue weighted by Gasteiger charge is 2.29. The van der Waals surface area contributed by atoms with Crippen LogP contribution in [0.4, 0.5) is 0 Å². The Hall–Kier alpha value is -3.27. The maximum atomic E-state index is 13.2. The molecule has 1 aromatic carbocycles. The van der Waals surface area contributed by atoms with E-state index in [1.54, 1.807) is 17.5 Å². The number of carbonyl (C=O) groups excluding carboxylic acids is 2. The Balaban J connectivity index is 1.09. The van der Waals surface area contributed by atoms with Crippen molar-refractivity contribution >= 4 is 41.0 Å². The molecule has 2 aromatic heterocycles. The Morgan fingerprint density at radius 3 is 2.48 bits per heavy atom. The van der Waals surface area contributed by atoms with Crippen LogP contribution in [-0.2, 0) is 0 Å². The molecular weight excluding hydrogens is 539 g/mol. The molecule has 2 aliphatic heterocycles. The minimum Gasteiger partial charge on any atom is -0.339 e. The lowest BCUT2D eigenvalue weighted by molar-refractivity contribution is 0.0645. The van der Waals surface area contributed by atoms with Crippen LogP contribution in [-0.4, -0.2) is 88.0 Å². The number of piperazine rings is 1. The van der Waals surface area contributed by atoms with Crippen molar-refractivity contribution in [2.24, 2.45) is 0 Å². The van der Waals surface area contributed by atoms with Gasteiger partial charge in [-0.1, -0.05) is 48.6 Å². The molecule has 0 spiro atoms. The van der Waals surface area contributed by atoms with Crippen molar-refractivity contribution in [3.63, 3.8) is 0 Å². The van der Waals surface area contributed by atoms with Crippen molar-refractivity contribution in [2.75, 3.05) is 51.6 Å². The predicted molar refractivity (Wildman–Crippen MR) is 163 cm³/mol. The molecule has 3 aromatic rings. The normalized spacial score (nSPS) is 16.9. The third-order valence-electron chi connectivity index (χ3n) is 7.34. The van der Waals surface area contributed by atoms with Gasteiger partial charge in [0, 0.05) is 69.1 Å². The zero-order valence-electron chi connectivity index (χ0n) is 22.7. The van der Waals surface area contributed by atoms with Gasteiger partial charge in [0.25, 0.3) is 11.8 Å². The van der Waals surface area contributed by atoms with E-state index < -0.39 is 0 Å². The molecule has 9 heteroatoms. The number of nitrogens with zero attached hydrogens (tertiary/aromatic N) is 5. The summed E-state index contributed by atoms with van der Waals surface area (Å²) in [4.78, 5) is 41.8. The highest BCUT2D eigenvalue weighted by Crippen LogP contribution is 2.32. The molecular formula is C31H35N5O2S2. The number of thiazole rings is 1. The maximum Gasteiger partial charge on any atom is 0.273 e. The zero-order valence-corrected chi connectivity index (χ0v) is 24.3. The average molecular weight is 574 g/mol. The fraction of sp³-hybridized carbons (Fsp3) is 0.355. The Labute approximate surface area is 244 Å². The number of hydrogen-bond donors (Lipinski definition) is 0. The summed E-state index contributed by atoms with van der Waals surface area (Å²) in [5, 5.41) is 3.66. The third-order valence-corrected chi connectivity index (χ3v) is 9.35. The van der Waals surface area contributed by atoms with Crippen molar-refractivity contribution in [1.29, 1.82) is 0 Å². The quantitative estimate of drug-likeness (QED) is 0.255. The fourth-order valence-electron chi connectivity index (χ4n) is 5.08. The SMILES string of the molecule is C=CCSc1ncccc1C(=O)N1CCC(c2nc(C(=O)N3CCN(C/C=C\c4ccccc4)CC3)cs2)CC1. The Morgan fingerprint density at radius 1 is 0.975 bits per heavy atom. The lowest BCUT2D eigenvalue weighted by Gasteiger charge is -2.33. The Bertz CT molecular complexity index is 1330. The summed E-state index contributed by atoms with van der Waals surface area (Å²) in [5.74, 6) is 1.04. The standard InChI is InChI=1S/C31H35N5O2S2/c1-2-22-39-29-26(11-6-14-32-29)30(37)35-16-12-25(13-17-35)28-33-27(23-40-28)31(38)36-20-18-34(19-21-36)15-7-10-24-8-4-3-5-9-24/h2-11,14,23,25H,1,12-13,15-22H2/b10-7-. The van der Waals surface area contributed by atoms with Gasteiger partial charge in [0.05, 0.1) is 10.6 Å². The van der Waals surface area contributed by atoms with Crippen LogP contribution in [0.2, 0.25) is 0 Å². The fourth-order valence-corrected chi connectivity index (χ4v) is 6.76. The molecule has 0 atom stereocenters. The second-order valence-electron chi connectivity index (χ2n) is 10.00. The number of aromatic nitrogens is 2.